The van der Waals surface area contributed by atoms with Crippen molar-refractivity contribution >= 4 is 15.9 Å². The van der Waals surface area contributed by atoms with E-state index in [0.29, 0.717) is 24.8 Å². The number of hydrogen-bond acceptors (Lipinski definition) is 4. The Labute approximate surface area is 173 Å². The van der Waals surface area contributed by atoms with Crippen LogP contribution in [0.3, 0.4) is 0 Å². The highest BCUT2D eigenvalue weighted by Crippen LogP contribution is 2.27. The quantitative estimate of drug-likeness (QED) is 0.724. The van der Waals surface area contributed by atoms with E-state index >= 15 is 0 Å². The first kappa shape index (κ1) is 21.3. The summed E-state index contributed by atoms with van der Waals surface area (Å²) in [4.78, 5) is 14.9. The lowest BCUT2D eigenvalue weighted by atomic mass is 9.98. The third kappa shape index (κ3) is 4.79. The highest BCUT2D eigenvalue weighted by Gasteiger charge is 2.27. The second-order valence-corrected chi connectivity index (χ2v) is 9.63. The Kier molecular flexibility index (Phi) is 6.59. The van der Waals surface area contributed by atoms with Crippen LogP contribution in [-0.4, -0.2) is 50.8 Å². The molecule has 2 aromatic carbocycles. The number of sulfonamides is 1. The van der Waals surface area contributed by atoms with Crippen molar-refractivity contribution in [2.24, 2.45) is 5.92 Å². The molecule has 0 spiro atoms. The topological polar surface area (TPSA) is 66.9 Å². The van der Waals surface area contributed by atoms with Gasteiger partial charge in [0, 0.05) is 26.7 Å². The lowest BCUT2D eigenvalue weighted by Gasteiger charge is -2.30. The number of hydrogen-bond donors (Lipinski definition) is 0. The van der Waals surface area contributed by atoms with Crippen LogP contribution < -0.4 is 4.74 Å². The van der Waals surface area contributed by atoms with Crippen molar-refractivity contribution in [3.8, 4) is 5.75 Å². The molecule has 0 aliphatic carbocycles. The number of carbonyl (C=O) groups excluding carboxylic acids is 1. The molecule has 7 heteroatoms. The van der Waals surface area contributed by atoms with Crippen LogP contribution in [0.1, 0.15) is 35.7 Å². The van der Waals surface area contributed by atoms with Gasteiger partial charge in [0.2, 0.25) is 10.0 Å². The van der Waals surface area contributed by atoms with E-state index in [9.17, 15) is 13.2 Å². The van der Waals surface area contributed by atoms with E-state index in [0.717, 1.165) is 18.4 Å². The summed E-state index contributed by atoms with van der Waals surface area (Å²) in [6.45, 7) is 3.78. The molecule has 0 saturated carbocycles. The molecular weight excluding hydrogens is 388 g/mol. The summed E-state index contributed by atoms with van der Waals surface area (Å²) in [7, 11) is -0.723. The molecule has 0 aromatic heterocycles. The van der Waals surface area contributed by atoms with Crippen LogP contribution in [0.2, 0.25) is 0 Å². The molecule has 29 heavy (non-hydrogen) atoms. The van der Waals surface area contributed by atoms with Gasteiger partial charge in [0.15, 0.2) is 0 Å². The first-order valence-corrected chi connectivity index (χ1v) is 11.2. The first-order valence-electron chi connectivity index (χ1n) is 9.80. The van der Waals surface area contributed by atoms with Crippen LogP contribution >= 0.6 is 0 Å². The largest absolute Gasteiger partial charge is 0.496 e. The second-order valence-electron chi connectivity index (χ2n) is 7.58. The standard InChI is InChI=1S/C22H28N2O4S/c1-17-11-13-24(14-12-17)22(25)20-15-19(9-10-21(20)28-3)29(26,27)23(2)16-18-7-5-4-6-8-18/h4-10,15,17H,11-14,16H2,1-3H3. The van der Waals surface area contributed by atoms with Crippen LogP contribution in [0.25, 0.3) is 0 Å². The summed E-state index contributed by atoms with van der Waals surface area (Å²) in [6.07, 6.45) is 1.90. The number of nitrogens with zero attached hydrogens (tertiary/aromatic N) is 2. The lowest BCUT2D eigenvalue weighted by molar-refractivity contribution is 0.0693. The maximum absolute atomic E-state index is 13.1. The molecule has 1 fully saturated rings. The van der Waals surface area contributed by atoms with Gasteiger partial charge in [0.05, 0.1) is 17.6 Å². The number of ether oxygens (including phenoxy) is 1. The molecule has 6 nitrogen and oxygen atoms in total. The Morgan fingerprint density at radius 1 is 1.14 bits per heavy atom. The molecule has 1 amide bonds. The minimum atomic E-state index is -3.75. The monoisotopic (exact) mass is 416 g/mol. The zero-order valence-corrected chi connectivity index (χ0v) is 18.0. The Bertz CT molecular complexity index is 952. The summed E-state index contributed by atoms with van der Waals surface area (Å²) in [5, 5.41) is 0. The van der Waals surface area contributed by atoms with Crippen LogP contribution in [-0.2, 0) is 16.6 Å². The second kappa shape index (κ2) is 8.97. The van der Waals surface area contributed by atoms with E-state index < -0.39 is 10.0 Å². The fraction of sp³-hybridized carbons (Fsp3) is 0.409. The highest BCUT2D eigenvalue weighted by atomic mass is 32.2. The Morgan fingerprint density at radius 2 is 1.79 bits per heavy atom. The summed E-state index contributed by atoms with van der Waals surface area (Å²) >= 11 is 0. The third-order valence-corrected chi connectivity index (χ3v) is 7.23. The maximum atomic E-state index is 13.1. The maximum Gasteiger partial charge on any atom is 0.257 e. The van der Waals surface area contributed by atoms with Gasteiger partial charge in [-0.1, -0.05) is 37.3 Å². The fourth-order valence-corrected chi connectivity index (χ4v) is 4.69. The average molecular weight is 417 g/mol. The van der Waals surface area contributed by atoms with Gasteiger partial charge in [0.1, 0.15) is 5.75 Å². The number of rotatable bonds is 6. The fourth-order valence-electron chi connectivity index (χ4n) is 3.50. The Morgan fingerprint density at radius 3 is 2.41 bits per heavy atom. The molecule has 0 unspecified atom stereocenters. The molecule has 0 N–H and O–H groups in total. The number of methoxy groups -OCH3 is 1. The molecule has 156 valence electrons. The van der Waals surface area contributed by atoms with Gasteiger partial charge >= 0.3 is 0 Å². The van der Waals surface area contributed by atoms with E-state index in [4.69, 9.17) is 4.74 Å². The first-order chi connectivity index (χ1) is 13.8. The number of amides is 1. The van der Waals surface area contributed by atoms with Crippen molar-refractivity contribution in [3.05, 3.63) is 59.7 Å². The number of carbonyl (C=O) groups is 1. The van der Waals surface area contributed by atoms with Crippen molar-refractivity contribution < 1.29 is 17.9 Å². The number of benzene rings is 2. The van der Waals surface area contributed by atoms with Gasteiger partial charge in [0.25, 0.3) is 5.91 Å². The normalized spacial score (nSPS) is 15.5. The number of piperidine rings is 1. The lowest BCUT2D eigenvalue weighted by Crippen LogP contribution is -2.38. The summed E-state index contributed by atoms with van der Waals surface area (Å²) in [6, 6.07) is 13.9. The van der Waals surface area contributed by atoms with Gasteiger partial charge in [-0.05, 0) is 42.5 Å². The van der Waals surface area contributed by atoms with Crippen LogP contribution in [0, 0.1) is 5.92 Å². The predicted molar refractivity (Wildman–Crippen MR) is 112 cm³/mol. The third-order valence-electron chi connectivity index (χ3n) is 5.43. The van der Waals surface area contributed by atoms with Gasteiger partial charge < -0.3 is 9.64 Å². The molecule has 1 aliphatic heterocycles. The molecule has 1 heterocycles. The molecule has 0 atom stereocenters. The van der Waals surface area contributed by atoms with E-state index in [1.165, 1.54) is 23.5 Å². The molecule has 1 saturated heterocycles. The summed E-state index contributed by atoms with van der Waals surface area (Å²) in [5.74, 6) is 0.800. The van der Waals surface area contributed by atoms with Gasteiger partial charge in [-0.15, -0.1) is 0 Å². The van der Waals surface area contributed by atoms with Crippen molar-refractivity contribution in [2.75, 3.05) is 27.2 Å². The van der Waals surface area contributed by atoms with E-state index in [-0.39, 0.29) is 22.9 Å². The van der Waals surface area contributed by atoms with Gasteiger partial charge in [-0.2, -0.15) is 4.31 Å². The van der Waals surface area contributed by atoms with Crippen molar-refractivity contribution in [1.29, 1.82) is 0 Å². The SMILES string of the molecule is COc1ccc(S(=O)(=O)N(C)Cc2ccccc2)cc1C(=O)N1CCC(C)CC1. The van der Waals surface area contributed by atoms with Crippen LogP contribution in [0.15, 0.2) is 53.4 Å². The van der Waals surface area contributed by atoms with Crippen LogP contribution in [0.5, 0.6) is 5.75 Å². The molecule has 2 aromatic rings. The zero-order chi connectivity index (χ0) is 21.0. The van der Waals surface area contributed by atoms with Crippen molar-refractivity contribution in [3.63, 3.8) is 0 Å². The zero-order valence-electron chi connectivity index (χ0n) is 17.2. The van der Waals surface area contributed by atoms with Crippen molar-refractivity contribution in [2.45, 2.75) is 31.2 Å². The number of likely N-dealkylation sites (tertiary alicyclic amines) is 1. The molecule has 0 bridgehead atoms. The minimum absolute atomic E-state index is 0.0884. The summed E-state index contributed by atoms with van der Waals surface area (Å²) < 4.78 is 32.8. The molecule has 0 radical (unpaired) electrons. The van der Waals surface area contributed by atoms with E-state index in [1.807, 2.05) is 30.3 Å². The predicted octanol–water partition coefficient (Wildman–Crippen LogP) is 3.39. The van der Waals surface area contributed by atoms with Gasteiger partial charge in [-0.3, -0.25) is 4.79 Å². The van der Waals surface area contributed by atoms with Gasteiger partial charge in [-0.25, -0.2) is 8.42 Å². The Hall–Kier alpha value is -2.38. The molecule has 1 aliphatic rings. The van der Waals surface area contributed by atoms with Crippen molar-refractivity contribution in [1.82, 2.24) is 9.21 Å². The molecule has 3 rings (SSSR count). The Balaban J connectivity index is 1.88. The van der Waals surface area contributed by atoms with Crippen LogP contribution in [0.4, 0.5) is 0 Å². The highest BCUT2D eigenvalue weighted by molar-refractivity contribution is 7.89. The summed E-state index contributed by atoms with van der Waals surface area (Å²) in [5.41, 5.74) is 1.18. The molecular formula is C22H28N2O4S. The van der Waals surface area contributed by atoms with E-state index in [1.54, 1.807) is 18.0 Å². The minimum Gasteiger partial charge on any atom is -0.496 e. The van der Waals surface area contributed by atoms with E-state index in [2.05, 4.69) is 6.92 Å². The smallest absolute Gasteiger partial charge is 0.257 e. The average Bonchev–Trinajstić information content (AvgIpc) is 2.74.